The first-order chi connectivity index (χ1) is 34.1. The normalized spacial score (nSPS) is 13.2. The van der Waals surface area contributed by atoms with E-state index in [2.05, 4.69) is 190 Å². The molecule has 1 aliphatic carbocycles. The van der Waals surface area contributed by atoms with E-state index >= 15 is 0 Å². The number of aromatic nitrogens is 5. The molecule has 1 aliphatic heterocycles. The molecule has 15 rings (SSSR count). The molecule has 0 saturated carbocycles. The average Bonchev–Trinajstić information content (AvgIpc) is 4.12. The van der Waals surface area contributed by atoms with Gasteiger partial charge in [-0.05, 0) is 126 Å². The lowest BCUT2D eigenvalue weighted by atomic mass is 9.67. The van der Waals surface area contributed by atoms with Crippen molar-refractivity contribution >= 4 is 77.2 Å². The molecule has 69 heavy (non-hydrogen) atoms. The second-order valence-corrected chi connectivity index (χ2v) is 19.0. The molecule has 0 atom stereocenters. The van der Waals surface area contributed by atoms with Gasteiger partial charge >= 0.3 is 0 Å². The number of nitrogens with zero attached hydrogens (tertiary/aromatic N) is 7. The topological polar surface area (TPSA) is 88.1 Å². The molecule has 2 aliphatic rings. The Kier molecular flexibility index (Phi) is 7.65. The summed E-state index contributed by atoms with van der Waals surface area (Å²) in [6, 6.07) is 71.5. The van der Waals surface area contributed by atoms with E-state index in [1.54, 1.807) is 0 Å². The second kappa shape index (κ2) is 13.9. The Hall–Kier alpha value is -9.21. The second-order valence-electron chi connectivity index (χ2n) is 17.9. The first-order valence-electron chi connectivity index (χ1n) is 22.9. The Morgan fingerprint density at radius 2 is 0.884 bits per heavy atom. The molecule has 0 N–H and O–H groups in total. The first kappa shape index (κ1) is 38.0. The summed E-state index contributed by atoms with van der Waals surface area (Å²) in [6.45, 7) is 0. The summed E-state index contributed by atoms with van der Waals surface area (Å²) in [4.78, 5) is 12.5. The average molecular weight is 896 g/mol. The number of para-hydroxylation sites is 3. The van der Waals surface area contributed by atoms with Crippen LogP contribution < -0.4 is 0 Å². The quantitative estimate of drug-likeness (QED) is 0.176. The molecule has 5 aromatic heterocycles. The van der Waals surface area contributed by atoms with Crippen molar-refractivity contribution < 1.29 is 0 Å². The van der Waals surface area contributed by atoms with Gasteiger partial charge in [0.2, 0.25) is 0 Å². The molecule has 8 heteroatoms. The van der Waals surface area contributed by atoms with E-state index in [1.807, 2.05) is 48.4 Å². The zero-order chi connectivity index (χ0) is 45.5. The predicted octanol–water partition coefficient (Wildman–Crippen LogP) is 14.3. The summed E-state index contributed by atoms with van der Waals surface area (Å²) in [6.07, 6.45) is 3.76. The molecule has 1 spiro atoms. The fourth-order valence-electron chi connectivity index (χ4n) is 12.0. The zero-order valence-electron chi connectivity index (χ0n) is 36.6. The monoisotopic (exact) mass is 895 g/mol. The molecule has 0 amide bonds. The van der Waals surface area contributed by atoms with Crippen molar-refractivity contribution in [3.63, 3.8) is 0 Å². The number of nitriles is 2. The maximum absolute atomic E-state index is 10.00. The standard InChI is InChI=1S/C61H33N7S/c62-34-36-20-25-52-43(30-36)40-10-1-4-15-49(40)66(52)38-23-27-53-45(32-38)42-12-2-5-16-50(42)67(53)39-22-24-46-57(33-39)69-56-19-7-18-55(68-51-17-6-3-11-41(51)44-31-37(35-63)21-26-54(44)68)58(56)61(46)47-13-8-28-64-59(47)60-48(61)14-9-29-65-60/h1-33H. The van der Waals surface area contributed by atoms with Gasteiger partial charge in [-0.15, -0.1) is 0 Å². The van der Waals surface area contributed by atoms with Crippen LogP contribution >= 0.6 is 11.8 Å². The molecule has 0 bridgehead atoms. The van der Waals surface area contributed by atoms with Gasteiger partial charge in [-0.25, -0.2) is 0 Å². The summed E-state index contributed by atoms with van der Waals surface area (Å²) in [7, 11) is 0. The summed E-state index contributed by atoms with van der Waals surface area (Å²) in [5.41, 5.74) is 16.6. The number of rotatable bonds is 3. The summed E-state index contributed by atoms with van der Waals surface area (Å²) in [5, 5.41) is 26.4. The molecule has 0 radical (unpaired) electrons. The Bertz CT molecular complexity index is 4470. The molecule has 0 saturated heterocycles. The molecule has 13 aromatic rings. The Balaban J connectivity index is 0.979. The molecule has 0 unspecified atom stereocenters. The lowest BCUT2D eigenvalue weighted by Crippen LogP contribution is -2.33. The van der Waals surface area contributed by atoms with Crippen LogP contribution in [0.15, 0.2) is 210 Å². The molecular weight excluding hydrogens is 863 g/mol. The van der Waals surface area contributed by atoms with Crippen LogP contribution in [-0.2, 0) is 5.41 Å². The van der Waals surface area contributed by atoms with E-state index < -0.39 is 5.41 Å². The van der Waals surface area contributed by atoms with Gasteiger partial charge in [0, 0.05) is 71.4 Å². The number of hydrogen-bond acceptors (Lipinski definition) is 5. The third-order valence-electron chi connectivity index (χ3n) is 14.6. The zero-order valence-corrected chi connectivity index (χ0v) is 37.4. The van der Waals surface area contributed by atoms with E-state index in [1.165, 1.54) is 16.5 Å². The van der Waals surface area contributed by atoms with Crippen molar-refractivity contribution in [1.82, 2.24) is 23.7 Å². The van der Waals surface area contributed by atoms with Gasteiger partial charge < -0.3 is 13.7 Å². The van der Waals surface area contributed by atoms with Gasteiger partial charge in [0.1, 0.15) is 0 Å². The largest absolute Gasteiger partial charge is 0.309 e. The third-order valence-corrected chi connectivity index (χ3v) is 15.8. The Morgan fingerprint density at radius 3 is 1.48 bits per heavy atom. The third kappa shape index (κ3) is 4.95. The number of pyridine rings is 2. The van der Waals surface area contributed by atoms with Gasteiger partial charge in [0.15, 0.2) is 0 Å². The van der Waals surface area contributed by atoms with Crippen molar-refractivity contribution in [2.24, 2.45) is 0 Å². The van der Waals surface area contributed by atoms with Crippen molar-refractivity contribution in [1.29, 1.82) is 10.5 Å². The maximum Gasteiger partial charge on any atom is 0.0991 e. The van der Waals surface area contributed by atoms with Gasteiger partial charge in [-0.1, -0.05) is 90.6 Å². The minimum Gasteiger partial charge on any atom is -0.309 e. The smallest absolute Gasteiger partial charge is 0.0991 e. The minimum absolute atomic E-state index is 0.635. The lowest BCUT2D eigenvalue weighted by Gasteiger charge is -2.41. The van der Waals surface area contributed by atoms with E-state index in [0.717, 1.165) is 109 Å². The van der Waals surface area contributed by atoms with Crippen LogP contribution in [0.4, 0.5) is 0 Å². The molecule has 8 aromatic carbocycles. The summed E-state index contributed by atoms with van der Waals surface area (Å²) < 4.78 is 7.13. The van der Waals surface area contributed by atoms with Gasteiger partial charge in [0.25, 0.3) is 0 Å². The maximum atomic E-state index is 10.00. The first-order valence-corrected chi connectivity index (χ1v) is 23.7. The van der Waals surface area contributed by atoms with Crippen molar-refractivity contribution in [3.05, 3.63) is 234 Å². The van der Waals surface area contributed by atoms with Crippen molar-refractivity contribution in [2.45, 2.75) is 15.2 Å². The molecular formula is C61H33N7S. The van der Waals surface area contributed by atoms with Gasteiger partial charge in [-0.3, -0.25) is 9.97 Å². The highest BCUT2D eigenvalue weighted by atomic mass is 32.2. The summed E-state index contributed by atoms with van der Waals surface area (Å²) in [5.74, 6) is 0. The van der Waals surface area contributed by atoms with Gasteiger partial charge in [0.05, 0.1) is 78.9 Å². The summed E-state index contributed by atoms with van der Waals surface area (Å²) >= 11 is 1.81. The minimum atomic E-state index is -0.769. The highest BCUT2D eigenvalue weighted by Crippen LogP contribution is 2.63. The van der Waals surface area contributed by atoms with Gasteiger partial charge in [-0.2, -0.15) is 10.5 Å². The van der Waals surface area contributed by atoms with Crippen LogP contribution in [0.2, 0.25) is 0 Å². The fourth-order valence-corrected chi connectivity index (χ4v) is 13.2. The van der Waals surface area contributed by atoms with E-state index in [9.17, 15) is 10.5 Å². The number of hydrogen-bond donors (Lipinski definition) is 0. The predicted molar refractivity (Wildman–Crippen MR) is 276 cm³/mol. The van der Waals surface area contributed by atoms with E-state index in [-0.39, 0.29) is 0 Å². The van der Waals surface area contributed by atoms with Crippen LogP contribution in [0.25, 0.3) is 93.9 Å². The molecule has 0 fully saturated rings. The van der Waals surface area contributed by atoms with Crippen LogP contribution in [-0.4, -0.2) is 23.7 Å². The number of benzene rings is 8. The Morgan fingerprint density at radius 1 is 0.391 bits per heavy atom. The highest BCUT2D eigenvalue weighted by Gasteiger charge is 2.53. The Labute approximate surface area is 399 Å². The van der Waals surface area contributed by atoms with Crippen LogP contribution in [0, 0.1) is 22.7 Å². The molecule has 318 valence electrons. The molecule has 6 heterocycles. The van der Waals surface area contributed by atoms with Crippen LogP contribution in [0.5, 0.6) is 0 Å². The van der Waals surface area contributed by atoms with Crippen LogP contribution in [0.1, 0.15) is 33.4 Å². The molecule has 7 nitrogen and oxygen atoms in total. The van der Waals surface area contributed by atoms with Crippen LogP contribution in [0.3, 0.4) is 0 Å². The van der Waals surface area contributed by atoms with Crippen molar-refractivity contribution in [2.75, 3.05) is 0 Å². The number of fused-ring (bicyclic) bond motifs is 18. The van der Waals surface area contributed by atoms with Crippen molar-refractivity contribution in [3.8, 4) is 40.6 Å². The lowest BCUT2D eigenvalue weighted by molar-refractivity contribution is 0.712. The fraction of sp³-hybridized carbons (Fsp3) is 0.0164. The SMILES string of the molecule is N#Cc1ccc2c(c1)c1ccccc1n2-c1ccc2c(c1)c1ccccc1n2-c1ccc2c(c1)Sc1cccc(-n3c4ccccc4c4cc(C#N)ccc43)c1C21c2cccnc2-c2ncccc21. The van der Waals surface area contributed by atoms with E-state index in [0.29, 0.717) is 11.1 Å². The highest BCUT2D eigenvalue weighted by molar-refractivity contribution is 7.99. The van der Waals surface area contributed by atoms with E-state index in [4.69, 9.17) is 9.97 Å².